The zero-order valence-corrected chi connectivity index (χ0v) is 14.8. The molecule has 1 aromatic rings. The summed E-state index contributed by atoms with van der Waals surface area (Å²) in [5.74, 6) is -4.59. The molecule has 16 heteroatoms. The van der Waals surface area contributed by atoms with E-state index in [4.69, 9.17) is 9.81 Å². The fraction of sp³-hybridized carbons (Fsp3) is 0.333. The van der Waals surface area contributed by atoms with Gasteiger partial charge in [0.05, 0.1) is 0 Å². The Labute approximate surface area is 158 Å². The number of halogens is 4. The molecule has 0 unspecified atom stereocenters. The van der Waals surface area contributed by atoms with Gasteiger partial charge in [-0.05, 0) is 17.2 Å². The summed E-state index contributed by atoms with van der Waals surface area (Å²) < 4.78 is 93.4. The average molecular weight is 454 g/mol. The first-order valence-corrected chi connectivity index (χ1v) is 8.80. The molecular weight excluding hydrogens is 444 g/mol. The molecule has 0 spiro atoms. The number of benzene rings is 1. The summed E-state index contributed by atoms with van der Waals surface area (Å²) in [7, 11) is -6.03. The molecule has 158 valence electrons. The number of rotatable bonds is 10. The Bertz CT molecular complexity index is 814. The lowest BCUT2D eigenvalue weighted by molar-refractivity contribution is -0.433. The quantitative estimate of drug-likeness (QED) is 0.133. The zero-order valence-electron chi connectivity index (χ0n) is 13.2. The molecule has 10 nitrogen and oxygen atoms in total. The van der Waals surface area contributed by atoms with Crippen molar-refractivity contribution in [2.45, 2.75) is 23.7 Å². The van der Waals surface area contributed by atoms with Crippen LogP contribution in [0.3, 0.4) is 0 Å². The summed E-state index contributed by atoms with van der Waals surface area (Å²) in [6.07, 6.45) is 0. The Morgan fingerprint density at radius 3 is 2.00 bits per heavy atom. The third kappa shape index (κ3) is 6.57. The molecule has 0 aliphatic rings. The highest BCUT2D eigenvalue weighted by atomic mass is 32.2. The van der Waals surface area contributed by atoms with Crippen LogP contribution in [-0.4, -0.2) is 40.7 Å². The van der Waals surface area contributed by atoms with Crippen LogP contribution in [0.4, 0.5) is 17.6 Å². The van der Waals surface area contributed by atoms with Crippen LogP contribution >= 0.6 is 12.0 Å². The van der Waals surface area contributed by atoms with Gasteiger partial charge in [0, 0.05) is 0 Å². The molecule has 0 saturated heterocycles. The van der Waals surface area contributed by atoms with E-state index in [1.54, 1.807) is 0 Å². The lowest BCUT2D eigenvalue weighted by atomic mass is 10.1. The van der Waals surface area contributed by atoms with Crippen molar-refractivity contribution >= 4 is 34.1 Å². The second-order valence-corrected chi connectivity index (χ2v) is 6.99. The highest BCUT2D eigenvalue weighted by Crippen LogP contribution is 2.31. The smallest absolute Gasteiger partial charge is 0.456 e. The van der Waals surface area contributed by atoms with Crippen LogP contribution in [0.15, 0.2) is 24.3 Å². The molecule has 0 aliphatic carbocycles. The topological polar surface area (TPSA) is 146 Å². The second-order valence-electron chi connectivity index (χ2n) is 4.71. The third-order valence-corrected chi connectivity index (χ3v) is 4.02. The van der Waals surface area contributed by atoms with E-state index in [9.17, 15) is 35.6 Å². The maximum absolute atomic E-state index is 13.2. The van der Waals surface area contributed by atoms with Gasteiger partial charge in [-0.15, -0.1) is 4.33 Å². The maximum atomic E-state index is 13.2. The Kier molecular flexibility index (Phi) is 8.15. The normalized spacial score (nSPS) is 12.5. The first-order valence-electron chi connectivity index (χ1n) is 6.62. The van der Waals surface area contributed by atoms with Gasteiger partial charge in [0.1, 0.15) is 25.3 Å². The number of carbonyl (C=O) groups excluding carboxylic acids is 2. The molecule has 0 heterocycles. The minimum atomic E-state index is -6.03. The van der Waals surface area contributed by atoms with E-state index in [2.05, 4.69) is 18.8 Å². The SMILES string of the molecule is O=C(OCc1cccc(COC(=O)C(F)(F)S(=O)(=O)O)c1)C(F)(F)SOOO. The van der Waals surface area contributed by atoms with Crippen molar-refractivity contribution in [1.82, 2.24) is 0 Å². The summed E-state index contributed by atoms with van der Waals surface area (Å²) in [4.78, 5) is 22.3. The van der Waals surface area contributed by atoms with Crippen molar-refractivity contribution in [2.24, 2.45) is 0 Å². The van der Waals surface area contributed by atoms with Gasteiger partial charge in [-0.25, -0.2) is 14.8 Å². The van der Waals surface area contributed by atoms with Crippen molar-refractivity contribution in [3.63, 3.8) is 0 Å². The molecule has 2 N–H and O–H groups in total. The van der Waals surface area contributed by atoms with E-state index < -0.39 is 57.8 Å². The fourth-order valence-electron chi connectivity index (χ4n) is 1.47. The molecule has 1 aromatic carbocycles. The van der Waals surface area contributed by atoms with Gasteiger partial charge in [0.25, 0.3) is 0 Å². The Morgan fingerprint density at radius 1 is 1.04 bits per heavy atom. The standard InChI is InChI=1S/C12H10F4O10S2/c13-11(14,27-26-25-19)9(17)23-5-7-2-1-3-8(4-7)6-24-10(18)12(15,16)28(20,21)22/h1-4,19H,5-6H2,(H,20,21,22). The second kappa shape index (κ2) is 9.48. The van der Waals surface area contributed by atoms with Crippen molar-refractivity contribution in [3.8, 4) is 0 Å². The van der Waals surface area contributed by atoms with Gasteiger partial charge in [-0.1, -0.05) is 23.2 Å². The molecule has 0 bridgehead atoms. The summed E-state index contributed by atoms with van der Waals surface area (Å²) in [6, 6.07) is 4.90. The first-order chi connectivity index (χ1) is 12.8. The maximum Gasteiger partial charge on any atom is 0.465 e. The van der Waals surface area contributed by atoms with Gasteiger partial charge < -0.3 is 9.47 Å². The molecule has 0 radical (unpaired) electrons. The van der Waals surface area contributed by atoms with E-state index in [0.29, 0.717) is 0 Å². The van der Waals surface area contributed by atoms with E-state index in [1.165, 1.54) is 18.2 Å². The molecule has 0 aromatic heterocycles. The fourth-order valence-corrected chi connectivity index (χ4v) is 1.98. The van der Waals surface area contributed by atoms with E-state index in [0.717, 1.165) is 6.07 Å². The summed E-state index contributed by atoms with van der Waals surface area (Å²) in [5.41, 5.74) is 0.0785. The van der Waals surface area contributed by atoms with E-state index >= 15 is 0 Å². The van der Waals surface area contributed by atoms with Crippen LogP contribution in [0.1, 0.15) is 11.1 Å². The van der Waals surface area contributed by atoms with Gasteiger partial charge in [0.15, 0.2) is 0 Å². The van der Waals surface area contributed by atoms with Gasteiger partial charge >= 0.3 is 32.6 Å². The number of hydrogen-bond acceptors (Lipinski definition) is 10. The van der Waals surface area contributed by atoms with Crippen molar-refractivity contribution < 1.29 is 64.2 Å². The van der Waals surface area contributed by atoms with E-state index in [-0.39, 0.29) is 11.1 Å². The first kappa shape index (κ1) is 24.1. The van der Waals surface area contributed by atoms with Crippen LogP contribution in [0.25, 0.3) is 0 Å². The minimum Gasteiger partial charge on any atom is -0.456 e. The summed E-state index contributed by atoms with van der Waals surface area (Å²) in [6.45, 7) is -1.57. The van der Waals surface area contributed by atoms with Gasteiger partial charge in [-0.3, -0.25) is 4.55 Å². The summed E-state index contributed by atoms with van der Waals surface area (Å²) >= 11 is -0.837. The lowest BCUT2D eigenvalue weighted by Gasteiger charge is -2.13. The van der Waals surface area contributed by atoms with Crippen LogP contribution < -0.4 is 0 Å². The predicted octanol–water partition coefficient (Wildman–Crippen LogP) is 1.92. The van der Waals surface area contributed by atoms with Gasteiger partial charge in [0.2, 0.25) is 0 Å². The lowest BCUT2D eigenvalue weighted by Crippen LogP contribution is -2.38. The van der Waals surface area contributed by atoms with Crippen LogP contribution in [0, 0.1) is 0 Å². The van der Waals surface area contributed by atoms with Crippen LogP contribution in [-0.2, 0) is 51.8 Å². The number of hydrogen-bond donors (Lipinski definition) is 2. The monoisotopic (exact) mass is 454 g/mol. The molecule has 1 rings (SSSR count). The van der Waals surface area contributed by atoms with Crippen LogP contribution in [0.5, 0.6) is 0 Å². The molecule has 0 atom stereocenters. The van der Waals surface area contributed by atoms with Gasteiger partial charge in [-0.2, -0.15) is 26.0 Å². The molecule has 0 aliphatic heterocycles. The highest BCUT2D eigenvalue weighted by Gasteiger charge is 2.54. The Morgan fingerprint density at radius 2 is 1.54 bits per heavy atom. The molecule has 0 fully saturated rings. The largest absolute Gasteiger partial charge is 0.465 e. The Balaban J connectivity index is 2.68. The van der Waals surface area contributed by atoms with E-state index in [1.807, 2.05) is 0 Å². The number of ether oxygens (including phenoxy) is 2. The van der Waals surface area contributed by atoms with Crippen molar-refractivity contribution in [1.29, 1.82) is 0 Å². The molecule has 28 heavy (non-hydrogen) atoms. The summed E-state index contributed by atoms with van der Waals surface area (Å²) in [5, 5.41) is 1.30. The third-order valence-electron chi connectivity index (χ3n) is 2.70. The number of alkyl halides is 4. The Hall–Kier alpha value is -1.98. The molecular formula is C12H10F4O10S2. The van der Waals surface area contributed by atoms with Crippen molar-refractivity contribution in [3.05, 3.63) is 35.4 Å². The molecule has 0 saturated carbocycles. The number of esters is 2. The highest BCUT2D eigenvalue weighted by molar-refractivity contribution is 7.96. The van der Waals surface area contributed by atoms with Crippen molar-refractivity contribution in [2.75, 3.05) is 0 Å². The zero-order chi connectivity index (χ0) is 21.6. The molecule has 0 amide bonds. The number of carbonyl (C=O) groups is 2. The predicted molar refractivity (Wildman–Crippen MR) is 79.9 cm³/mol. The van der Waals surface area contributed by atoms with Crippen LogP contribution in [0.2, 0.25) is 0 Å². The minimum absolute atomic E-state index is 0.00573. The average Bonchev–Trinajstić information content (AvgIpc) is 2.61.